The first-order valence-electron chi connectivity index (χ1n) is 12.1. The van der Waals surface area contributed by atoms with E-state index in [1.165, 1.54) is 6.07 Å². The van der Waals surface area contributed by atoms with Crippen LogP contribution in [0.3, 0.4) is 0 Å². The zero-order valence-electron chi connectivity index (χ0n) is 21.0. The molecule has 194 valence electrons. The topological polar surface area (TPSA) is 121 Å². The molecule has 0 fully saturated rings. The molecule has 9 heteroatoms. The molecule has 0 aromatic heterocycles. The Labute approximate surface area is 204 Å². The highest BCUT2D eigenvalue weighted by Crippen LogP contribution is 2.40. The van der Waals surface area contributed by atoms with Gasteiger partial charge in [-0.2, -0.15) is 8.42 Å². The van der Waals surface area contributed by atoms with E-state index >= 15 is 0 Å². The van der Waals surface area contributed by atoms with Gasteiger partial charge in [0.1, 0.15) is 0 Å². The fourth-order valence-corrected chi connectivity index (χ4v) is 4.62. The van der Waals surface area contributed by atoms with Gasteiger partial charge >= 0.3 is 11.9 Å². The van der Waals surface area contributed by atoms with Gasteiger partial charge in [-0.1, -0.05) is 33.1 Å². The summed E-state index contributed by atoms with van der Waals surface area (Å²) in [5.74, 6) is -0.980. The van der Waals surface area contributed by atoms with Crippen LogP contribution in [0.5, 0.6) is 0 Å². The second-order valence-electron chi connectivity index (χ2n) is 9.06. The number of aliphatic carboxylic acids is 1. The molecule has 0 bridgehead atoms. The highest BCUT2D eigenvalue weighted by Gasteiger charge is 2.29. The van der Waals surface area contributed by atoms with Crippen molar-refractivity contribution in [3.63, 3.8) is 0 Å². The lowest BCUT2D eigenvalue weighted by molar-refractivity contribution is -0.143. The first-order chi connectivity index (χ1) is 15.9. The molecule has 0 aliphatic heterocycles. The zero-order valence-corrected chi connectivity index (χ0v) is 21.8. The van der Waals surface area contributed by atoms with Gasteiger partial charge in [0, 0.05) is 32.1 Å². The van der Waals surface area contributed by atoms with Crippen LogP contribution in [0, 0.1) is 0 Å². The van der Waals surface area contributed by atoms with E-state index in [2.05, 4.69) is 18.7 Å². The number of hydrogen-bond acceptors (Lipinski definition) is 6. The number of carboxylic acids is 1. The lowest BCUT2D eigenvalue weighted by Gasteiger charge is -2.34. The number of carboxylic acid groups (broad SMARTS) is 1. The number of rotatable bonds is 17. The van der Waals surface area contributed by atoms with Crippen molar-refractivity contribution in [1.82, 2.24) is 0 Å². The lowest BCUT2D eigenvalue weighted by Crippen LogP contribution is -2.28. The summed E-state index contributed by atoms with van der Waals surface area (Å²) in [5, 5.41) is 8.85. The number of benzene rings is 1. The van der Waals surface area contributed by atoms with Crippen LogP contribution >= 0.6 is 0 Å². The molecule has 0 saturated heterocycles. The first kappa shape index (κ1) is 29.9. The Morgan fingerprint density at radius 3 is 2.26 bits per heavy atom. The van der Waals surface area contributed by atoms with Crippen LogP contribution in [0.15, 0.2) is 23.1 Å². The van der Waals surface area contributed by atoms with Gasteiger partial charge in [-0.15, -0.1) is 0 Å². The predicted octanol–water partition coefficient (Wildman–Crippen LogP) is 5.20. The Hall–Kier alpha value is -2.13. The van der Waals surface area contributed by atoms with Gasteiger partial charge in [-0.3, -0.25) is 14.1 Å². The van der Waals surface area contributed by atoms with Crippen LogP contribution in [0.4, 0.5) is 5.69 Å². The summed E-state index contributed by atoms with van der Waals surface area (Å²) < 4.78 is 38.3. The monoisotopic (exact) mass is 499 g/mol. The Kier molecular flexibility index (Phi) is 12.6. The van der Waals surface area contributed by atoms with Gasteiger partial charge in [-0.25, -0.2) is 0 Å². The summed E-state index contributed by atoms with van der Waals surface area (Å²) in [7, 11) is -2.38. The molecule has 0 spiro atoms. The van der Waals surface area contributed by atoms with Crippen molar-refractivity contribution < 1.29 is 32.4 Å². The quantitative estimate of drug-likeness (QED) is 0.170. The van der Waals surface area contributed by atoms with Crippen LogP contribution in [0.1, 0.15) is 90.5 Å². The van der Waals surface area contributed by atoms with Gasteiger partial charge in [0.25, 0.3) is 10.1 Å². The molecule has 0 radical (unpaired) electrons. The Balaban J connectivity index is 2.98. The minimum absolute atomic E-state index is 0.125. The lowest BCUT2D eigenvalue weighted by atomic mass is 9.75. The van der Waals surface area contributed by atoms with Gasteiger partial charge in [0.2, 0.25) is 0 Å². The average Bonchev–Trinajstić information content (AvgIpc) is 2.77. The molecule has 0 aliphatic rings. The highest BCUT2D eigenvalue weighted by atomic mass is 32.2. The fourth-order valence-electron chi connectivity index (χ4n) is 4.11. The molecule has 8 nitrogen and oxygen atoms in total. The molecule has 34 heavy (non-hydrogen) atoms. The zero-order chi connectivity index (χ0) is 25.8. The number of carbonyl (C=O) groups is 2. The summed E-state index contributed by atoms with van der Waals surface area (Å²) >= 11 is 0. The second kappa shape index (κ2) is 14.3. The number of anilines is 1. The molecular formula is C25H41NO7S. The molecule has 1 aromatic carbocycles. The number of carbonyl (C=O) groups excluding carboxylic acids is 1. The van der Waals surface area contributed by atoms with Crippen molar-refractivity contribution >= 4 is 27.7 Å². The molecule has 0 amide bonds. The number of hydrogen-bond donors (Lipinski definition) is 2. The van der Waals surface area contributed by atoms with Gasteiger partial charge in [0.15, 0.2) is 0 Å². The highest BCUT2D eigenvalue weighted by molar-refractivity contribution is 7.85. The van der Waals surface area contributed by atoms with E-state index in [1.807, 2.05) is 7.05 Å². The third-order valence-corrected chi connectivity index (χ3v) is 7.26. The maximum atomic E-state index is 11.8. The molecule has 1 rings (SSSR count). The van der Waals surface area contributed by atoms with Crippen molar-refractivity contribution in [3.05, 3.63) is 23.8 Å². The summed E-state index contributed by atoms with van der Waals surface area (Å²) in [6, 6.07) is 4.74. The average molecular weight is 500 g/mol. The molecule has 0 saturated carbocycles. The van der Waals surface area contributed by atoms with Gasteiger partial charge in [-0.05, 0) is 68.2 Å². The molecule has 0 aliphatic carbocycles. The maximum Gasteiger partial charge on any atom is 0.305 e. The van der Waals surface area contributed by atoms with E-state index < -0.39 is 16.1 Å². The van der Waals surface area contributed by atoms with Gasteiger partial charge < -0.3 is 14.7 Å². The van der Waals surface area contributed by atoms with Crippen molar-refractivity contribution in [2.24, 2.45) is 0 Å². The van der Waals surface area contributed by atoms with Crippen LogP contribution in [-0.4, -0.2) is 50.2 Å². The molecule has 1 atom stereocenters. The number of nitrogens with zero attached hydrogens (tertiary/aromatic N) is 1. The third kappa shape index (κ3) is 10.0. The SMILES string of the molecule is CCOC(=O)CCCCCN(C)c1ccc(S(=O)(=O)O)cc1C(C)(CC)CCCCCC(=O)O. The minimum atomic E-state index is -4.34. The van der Waals surface area contributed by atoms with Crippen molar-refractivity contribution in [2.45, 2.75) is 95.3 Å². The van der Waals surface area contributed by atoms with Crippen LogP contribution in [0.2, 0.25) is 0 Å². The summed E-state index contributed by atoms with van der Waals surface area (Å²) in [5.41, 5.74) is 1.43. The smallest absolute Gasteiger partial charge is 0.305 e. The first-order valence-corrected chi connectivity index (χ1v) is 13.6. The summed E-state index contributed by atoms with van der Waals surface area (Å²) in [6.07, 6.45) is 6.80. The third-order valence-electron chi connectivity index (χ3n) is 6.41. The normalized spacial score (nSPS) is 13.3. The van der Waals surface area contributed by atoms with E-state index in [0.29, 0.717) is 19.4 Å². The molecule has 0 heterocycles. The summed E-state index contributed by atoms with van der Waals surface area (Å²) in [6.45, 7) is 7.05. The van der Waals surface area contributed by atoms with Crippen LogP contribution in [0.25, 0.3) is 0 Å². The standard InChI is InChI=1S/C25H41NO7S/c1-5-25(3,17-11-7-9-13-23(27)28)21-19-20(34(30,31)32)15-16-22(21)26(4)18-12-8-10-14-24(29)33-6-2/h15-16,19H,5-14,17-18H2,1-4H3,(H,27,28)(H,30,31,32). The van der Waals surface area contributed by atoms with E-state index in [0.717, 1.165) is 62.7 Å². The van der Waals surface area contributed by atoms with Crippen LogP contribution in [-0.2, 0) is 29.9 Å². The number of unbranched alkanes of at least 4 members (excludes halogenated alkanes) is 4. The number of ether oxygens (including phenoxy) is 1. The molecular weight excluding hydrogens is 458 g/mol. The van der Waals surface area contributed by atoms with E-state index in [-0.39, 0.29) is 22.7 Å². The maximum absolute atomic E-state index is 11.8. The largest absolute Gasteiger partial charge is 0.481 e. The molecule has 1 aromatic rings. The Bertz CT molecular complexity index is 901. The van der Waals surface area contributed by atoms with Crippen LogP contribution < -0.4 is 4.90 Å². The van der Waals surface area contributed by atoms with Crippen molar-refractivity contribution in [1.29, 1.82) is 0 Å². The summed E-state index contributed by atoms with van der Waals surface area (Å²) in [4.78, 5) is 24.2. The fraction of sp³-hybridized carbons (Fsp3) is 0.680. The predicted molar refractivity (Wildman–Crippen MR) is 133 cm³/mol. The Morgan fingerprint density at radius 1 is 1.03 bits per heavy atom. The Morgan fingerprint density at radius 2 is 1.68 bits per heavy atom. The van der Waals surface area contributed by atoms with Gasteiger partial charge in [0.05, 0.1) is 11.5 Å². The van der Waals surface area contributed by atoms with Crippen molar-refractivity contribution in [2.75, 3.05) is 25.1 Å². The minimum Gasteiger partial charge on any atom is -0.481 e. The van der Waals surface area contributed by atoms with Crippen molar-refractivity contribution in [3.8, 4) is 0 Å². The molecule has 1 unspecified atom stereocenters. The number of esters is 1. The molecule has 2 N–H and O–H groups in total. The van der Waals surface area contributed by atoms with E-state index in [9.17, 15) is 22.6 Å². The van der Waals surface area contributed by atoms with E-state index in [4.69, 9.17) is 9.84 Å². The second-order valence-corrected chi connectivity index (χ2v) is 10.5. The van der Waals surface area contributed by atoms with E-state index in [1.54, 1.807) is 19.1 Å².